The highest BCUT2D eigenvalue weighted by Crippen LogP contribution is 2.26. The van der Waals surface area contributed by atoms with E-state index in [0.717, 1.165) is 11.3 Å². The van der Waals surface area contributed by atoms with Gasteiger partial charge in [0, 0.05) is 12.6 Å². The van der Waals surface area contributed by atoms with Crippen molar-refractivity contribution in [3.8, 4) is 5.75 Å². The van der Waals surface area contributed by atoms with Gasteiger partial charge in [-0.1, -0.05) is 23.7 Å². The number of hydrogen-bond donors (Lipinski definition) is 2. The zero-order valence-corrected chi connectivity index (χ0v) is 11.2. The monoisotopic (exact) mass is 280 g/mol. The number of ether oxygens (including phenoxy) is 1. The number of methoxy groups -OCH3 is 1. The van der Waals surface area contributed by atoms with E-state index in [4.69, 9.17) is 22.1 Å². The van der Waals surface area contributed by atoms with Gasteiger partial charge in [0.2, 0.25) is 0 Å². The summed E-state index contributed by atoms with van der Waals surface area (Å²) in [6.07, 6.45) is 0. The fraction of sp³-hybridized carbons (Fsp3) is 0.143. The topological polar surface area (TPSA) is 47.3 Å². The summed E-state index contributed by atoms with van der Waals surface area (Å²) in [5, 5.41) is 3.16. The Morgan fingerprint density at radius 1 is 1.32 bits per heavy atom. The molecular formula is C14H14ClFN2O. The number of nitrogens with two attached hydrogens (primary N) is 1. The van der Waals surface area contributed by atoms with Crippen LogP contribution in [0.1, 0.15) is 5.56 Å². The van der Waals surface area contributed by atoms with E-state index in [1.807, 2.05) is 24.3 Å². The lowest BCUT2D eigenvalue weighted by atomic mass is 10.2. The normalized spacial score (nSPS) is 10.3. The maximum absolute atomic E-state index is 13.2. The lowest BCUT2D eigenvalue weighted by molar-refractivity contribution is 0.414. The molecule has 0 saturated heterocycles. The number of benzene rings is 2. The third kappa shape index (κ3) is 3.29. The number of nitrogen functional groups attached to an aromatic ring is 1. The van der Waals surface area contributed by atoms with Crippen molar-refractivity contribution in [1.82, 2.24) is 0 Å². The number of rotatable bonds is 4. The van der Waals surface area contributed by atoms with E-state index in [0.29, 0.717) is 17.9 Å². The van der Waals surface area contributed by atoms with E-state index in [2.05, 4.69) is 5.32 Å². The Hall–Kier alpha value is -1.94. The molecule has 0 fully saturated rings. The van der Waals surface area contributed by atoms with Crippen molar-refractivity contribution >= 4 is 23.0 Å². The highest BCUT2D eigenvalue weighted by Gasteiger charge is 2.06. The van der Waals surface area contributed by atoms with Gasteiger partial charge in [-0.15, -0.1) is 0 Å². The van der Waals surface area contributed by atoms with Gasteiger partial charge in [-0.2, -0.15) is 0 Å². The maximum Gasteiger partial charge on any atom is 0.143 e. The standard InChI is InChI=1S/C14H14ClFN2O/c1-19-10-4-2-3-9(5-10)8-18-14-6-11(15)12(16)7-13(14)17/h2-7,18H,8,17H2,1H3. The number of hydrogen-bond acceptors (Lipinski definition) is 3. The Bertz CT molecular complexity index is 590. The van der Waals surface area contributed by atoms with Gasteiger partial charge in [-0.3, -0.25) is 0 Å². The molecule has 0 saturated carbocycles. The second-order valence-corrected chi connectivity index (χ2v) is 4.47. The van der Waals surface area contributed by atoms with Gasteiger partial charge in [0.15, 0.2) is 0 Å². The first-order valence-corrected chi connectivity index (χ1v) is 6.09. The van der Waals surface area contributed by atoms with Crippen LogP contribution in [0.15, 0.2) is 36.4 Å². The molecule has 0 radical (unpaired) electrons. The van der Waals surface area contributed by atoms with Crippen LogP contribution in [0, 0.1) is 5.82 Å². The Kier molecular flexibility index (Phi) is 4.12. The fourth-order valence-electron chi connectivity index (χ4n) is 1.70. The molecule has 0 bridgehead atoms. The highest BCUT2D eigenvalue weighted by atomic mass is 35.5. The second kappa shape index (κ2) is 5.80. The fourth-order valence-corrected chi connectivity index (χ4v) is 1.86. The summed E-state index contributed by atoms with van der Waals surface area (Å²) in [7, 11) is 1.62. The molecule has 100 valence electrons. The Morgan fingerprint density at radius 3 is 2.84 bits per heavy atom. The van der Waals surface area contributed by atoms with E-state index in [9.17, 15) is 4.39 Å². The van der Waals surface area contributed by atoms with Gasteiger partial charge in [-0.25, -0.2) is 4.39 Å². The molecule has 0 amide bonds. The predicted molar refractivity (Wildman–Crippen MR) is 76.1 cm³/mol. The van der Waals surface area contributed by atoms with Crippen LogP contribution in [0.3, 0.4) is 0 Å². The van der Waals surface area contributed by atoms with Crippen molar-refractivity contribution in [2.75, 3.05) is 18.2 Å². The SMILES string of the molecule is COc1cccc(CNc2cc(Cl)c(F)cc2N)c1. The lowest BCUT2D eigenvalue weighted by Crippen LogP contribution is -2.03. The second-order valence-electron chi connectivity index (χ2n) is 4.06. The predicted octanol–water partition coefficient (Wildman–Crippen LogP) is 3.68. The van der Waals surface area contributed by atoms with Gasteiger partial charge in [-0.05, 0) is 23.8 Å². The van der Waals surface area contributed by atoms with Gasteiger partial charge < -0.3 is 15.8 Å². The largest absolute Gasteiger partial charge is 0.497 e. The van der Waals surface area contributed by atoms with Crippen LogP contribution < -0.4 is 15.8 Å². The Morgan fingerprint density at radius 2 is 2.11 bits per heavy atom. The first-order valence-electron chi connectivity index (χ1n) is 5.71. The van der Waals surface area contributed by atoms with Crippen LogP contribution in [-0.4, -0.2) is 7.11 Å². The summed E-state index contributed by atoms with van der Waals surface area (Å²) in [6, 6.07) is 10.3. The quantitative estimate of drug-likeness (QED) is 0.840. The molecule has 2 aromatic rings. The molecule has 0 spiro atoms. The van der Waals surface area contributed by atoms with Crippen LogP contribution in [0.5, 0.6) is 5.75 Å². The van der Waals surface area contributed by atoms with E-state index in [1.54, 1.807) is 7.11 Å². The number of nitrogens with one attached hydrogen (secondary N) is 1. The smallest absolute Gasteiger partial charge is 0.143 e. The summed E-state index contributed by atoms with van der Waals surface area (Å²) in [6.45, 7) is 0.545. The lowest BCUT2D eigenvalue weighted by Gasteiger charge is -2.11. The molecule has 0 aliphatic rings. The summed E-state index contributed by atoms with van der Waals surface area (Å²) in [4.78, 5) is 0. The third-order valence-corrected chi connectivity index (χ3v) is 3.00. The van der Waals surface area contributed by atoms with Gasteiger partial charge in [0.05, 0.1) is 23.5 Å². The Balaban J connectivity index is 2.12. The van der Waals surface area contributed by atoms with E-state index in [-0.39, 0.29) is 5.02 Å². The van der Waals surface area contributed by atoms with Crippen LogP contribution in [0.4, 0.5) is 15.8 Å². The van der Waals surface area contributed by atoms with Crippen molar-refractivity contribution in [1.29, 1.82) is 0 Å². The summed E-state index contributed by atoms with van der Waals surface area (Å²) in [5.74, 6) is 0.260. The molecular weight excluding hydrogens is 267 g/mol. The number of anilines is 2. The van der Waals surface area contributed by atoms with E-state index in [1.165, 1.54) is 12.1 Å². The molecule has 0 unspecified atom stereocenters. The van der Waals surface area contributed by atoms with Crippen LogP contribution >= 0.6 is 11.6 Å². The number of halogens is 2. The van der Waals surface area contributed by atoms with E-state index < -0.39 is 5.82 Å². The van der Waals surface area contributed by atoms with Gasteiger partial charge in [0.25, 0.3) is 0 Å². The first kappa shape index (κ1) is 13.5. The van der Waals surface area contributed by atoms with Crippen molar-refractivity contribution in [2.45, 2.75) is 6.54 Å². The average Bonchev–Trinajstić information content (AvgIpc) is 2.41. The first-order chi connectivity index (χ1) is 9.10. The third-order valence-electron chi connectivity index (χ3n) is 2.71. The molecule has 0 atom stereocenters. The van der Waals surface area contributed by atoms with Crippen LogP contribution in [0.2, 0.25) is 5.02 Å². The molecule has 0 aliphatic heterocycles. The minimum Gasteiger partial charge on any atom is -0.497 e. The van der Waals surface area contributed by atoms with Crippen LogP contribution in [0.25, 0.3) is 0 Å². The minimum atomic E-state index is -0.522. The van der Waals surface area contributed by atoms with Crippen molar-refractivity contribution in [3.05, 3.63) is 52.8 Å². The van der Waals surface area contributed by atoms with E-state index >= 15 is 0 Å². The van der Waals surface area contributed by atoms with Crippen LogP contribution in [-0.2, 0) is 6.54 Å². The molecule has 3 N–H and O–H groups in total. The highest BCUT2D eigenvalue weighted by molar-refractivity contribution is 6.31. The van der Waals surface area contributed by atoms with Gasteiger partial charge in [0.1, 0.15) is 11.6 Å². The summed E-state index contributed by atoms with van der Waals surface area (Å²) < 4.78 is 18.3. The average molecular weight is 281 g/mol. The zero-order valence-electron chi connectivity index (χ0n) is 10.4. The molecule has 2 aromatic carbocycles. The summed E-state index contributed by atoms with van der Waals surface area (Å²) in [5.41, 5.74) is 7.68. The zero-order chi connectivity index (χ0) is 13.8. The van der Waals surface area contributed by atoms with Crippen molar-refractivity contribution in [3.63, 3.8) is 0 Å². The molecule has 0 aromatic heterocycles. The Labute approximate surface area is 116 Å². The van der Waals surface area contributed by atoms with Gasteiger partial charge >= 0.3 is 0 Å². The molecule has 3 nitrogen and oxygen atoms in total. The summed E-state index contributed by atoms with van der Waals surface area (Å²) >= 11 is 5.72. The molecule has 19 heavy (non-hydrogen) atoms. The molecule has 0 aliphatic carbocycles. The molecule has 5 heteroatoms. The van der Waals surface area contributed by atoms with Crippen molar-refractivity contribution in [2.24, 2.45) is 0 Å². The molecule has 2 rings (SSSR count). The maximum atomic E-state index is 13.2. The molecule has 0 heterocycles. The minimum absolute atomic E-state index is 0.0438. The van der Waals surface area contributed by atoms with Crippen molar-refractivity contribution < 1.29 is 9.13 Å².